The topological polar surface area (TPSA) is 23.8 Å². The smallest absolute Gasteiger partial charge is 0.0263 e. The quantitative estimate of drug-likeness (QED) is 0.467. The Hall–Kier alpha value is -1.33. The molecule has 0 saturated carbocycles. The van der Waals surface area contributed by atoms with Gasteiger partial charge in [0.2, 0.25) is 0 Å². The predicted octanol–water partition coefficient (Wildman–Crippen LogP) is 2.34. The van der Waals surface area contributed by atoms with Crippen LogP contribution in [-0.4, -0.2) is 0 Å². The van der Waals surface area contributed by atoms with Crippen LogP contribution in [0.1, 0.15) is 5.56 Å². The SMILES string of the molecule is C=Cc1ccccc1.N#C[S-]. The van der Waals surface area contributed by atoms with E-state index in [1.807, 2.05) is 36.4 Å². The maximum absolute atomic E-state index is 7.13. The van der Waals surface area contributed by atoms with Gasteiger partial charge in [0.25, 0.3) is 0 Å². The summed E-state index contributed by atoms with van der Waals surface area (Å²) in [7, 11) is 0. The third kappa shape index (κ3) is 5.13. The highest BCUT2D eigenvalue weighted by molar-refractivity contribution is 7.64. The summed E-state index contributed by atoms with van der Waals surface area (Å²) < 4.78 is 0. The van der Waals surface area contributed by atoms with Gasteiger partial charge in [0, 0.05) is 0 Å². The van der Waals surface area contributed by atoms with Crippen molar-refractivity contribution in [2.45, 2.75) is 0 Å². The molecule has 0 aliphatic heterocycles. The van der Waals surface area contributed by atoms with Crippen molar-refractivity contribution >= 4 is 18.7 Å². The lowest BCUT2D eigenvalue weighted by Gasteiger charge is -1.85. The maximum atomic E-state index is 7.13. The molecular formula is C9H8NS-. The summed E-state index contributed by atoms with van der Waals surface area (Å²) in [6, 6.07) is 10.0. The minimum Gasteiger partial charge on any atom is -0.696 e. The highest BCUT2D eigenvalue weighted by Crippen LogP contribution is 1.97. The second-order valence-corrected chi connectivity index (χ2v) is 1.89. The Morgan fingerprint density at radius 1 is 1.36 bits per heavy atom. The Balaban J connectivity index is 0.000000292. The number of benzene rings is 1. The molecule has 0 amide bonds. The Morgan fingerprint density at radius 3 is 2.09 bits per heavy atom. The van der Waals surface area contributed by atoms with Gasteiger partial charge in [-0.2, -0.15) is 0 Å². The summed E-state index contributed by atoms with van der Waals surface area (Å²) in [6.07, 6.45) is 1.83. The molecule has 1 rings (SSSR count). The van der Waals surface area contributed by atoms with Crippen LogP contribution in [0, 0.1) is 10.7 Å². The summed E-state index contributed by atoms with van der Waals surface area (Å²) in [4.78, 5) is 0. The normalized spacial score (nSPS) is 6.82. The highest BCUT2D eigenvalue weighted by atomic mass is 32.1. The van der Waals surface area contributed by atoms with E-state index in [1.165, 1.54) is 11.0 Å². The summed E-state index contributed by atoms with van der Waals surface area (Å²) in [6.45, 7) is 3.63. The summed E-state index contributed by atoms with van der Waals surface area (Å²) >= 11 is 3.70. The molecule has 1 nitrogen and oxygen atoms in total. The van der Waals surface area contributed by atoms with Gasteiger partial charge < -0.3 is 12.6 Å². The molecule has 0 aliphatic carbocycles. The number of nitriles is 1. The number of nitrogens with zero attached hydrogens (tertiary/aromatic N) is 1. The van der Waals surface area contributed by atoms with Gasteiger partial charge in [0.15, 0.2) is 0 Å². The van der Waals surface area contributed by atoms with Crippen molar-refractivity contribution in [2.75, 3.05) is 0 Å². The lowest BCUT2D eigenvalue weighted by molar-refractivity contribution is 1.57. The van der Waals surface area contributed by atoms with E-state index < -0.39 is 0 Å². The van der Waals surface area contributed by atoms with Crippen LogP contribution in [0.15, 0.2) is 36.9 Å². The zero-order chi connectivity index (χ0) is 8.53. The van der Waals surface area contributed by atoms with Gasteiger partial charge in [-0.05, 0) is 5.56 Å². The van der Waals surface area contributed by atoms with E-state index in [1.54, 1.807) is 0 Å². The first-order valence-electron chi connectivity index (χ1n) is 3.04. The van der Waals surface area contributed by atoms with Crippen molar-refractivity contribution in [1.29, 1.82) is 5.26 Å². The molecule has 1 aromatic rings. The molecule has 0 fully saturated rings. The molecule has 0 heterocycles. The molecule has 0 aliphatic rings. The molecule has 0 saturated heterocycles. The van der Waals surface area contributed by atoms with Gasteiger partial charge in [-0.25, -0.2) is 5.26 Å². The summed E-state index contributed by atoms with van der Waals surface area (Å²) in [5, 5.41) is 8.47. The largest absolute Gasteiger partial charge is 0.696 e. The third-order valence-corrected chi connectivity index (χ3v) is 1.04. The minimum absolute atomic E-state index is 1.17. The first-order valence-corrected chi connectivity index (χ1v) is 3.44. The fourth-order valence-electron chi connectivity index (χ4n) is 0.589. The van der Waals surface area contributed by atoms with Crippen molar-refractivity contribution < 1.29 is 0 Å². The zero-order valence-corrected chi connectivity index (χ0v) is 6.84. The fourth-order valence-corrected chi connectivity index (χ4v) is 0.589. The van der Waals surface area contributed by atoms with E-state index in [2.05, 4.69) is 19.2 Å². The van der Waals surface area contributed by atoms with Crippen molar-refractivity contribution in [1.82, 2.24) is 0 Å². The molecule has 0 unspecified atom stereocenters. The molecular weight excluding hydrogens is 154 g/mol. The Labute approximate surface area is 72.4 Å². The van der Waals surface area contributed by atoms with Crippen molar-refractivity contribution in [3.63, 3.8) is 0 Å². The van der Waals surface area contributed by atoms with E-state index >= 15 is 0 Å². The molecule has 1 aromatic carbocycles. The van der Waals surface area contributed by atoms with Crippen LogP contribution in [0.3, 0.4) is 0 Å². The molecule has 0 bridgehead atoms. The van der Waals surface area contributed by atoms with Crippen LogP contribution in [0.5, 0.6) is 0 Å². The Morgan fingerprint density at radius 2 is 1.82 bits per heavy atom. The van der Waals surface area contributed by atoms with Crippen molar-refractivity contribution in [2.24, 2.45) is 0 Å². The standard InChI is InChI=1S/C8H8.CHNS/c1-2-8-6-4-3-5-7-8;2-1-3/h2-7H,1H2;3H/p-1. The Bertz CT molecular complexity index is 235. The Kier molecular flexibility index (Phi) is 5.96. The first-order chi connectivity index (χ1) is 5.35. The third-order valence-electron chi connectivity index (χ3n) is 1.04. The van der Waals surface area contributed by atoms with Gasteiger partial charge in [-0.1, -0.05) is 48.4 Å². The first kappa shape index (κ1) is 9.67. The predicted molar refractivity (Wildman–Crippen MR) is 49.5 cm³/mol. The monoisotopic (exact) mass is 162 g/mol. The highest BCUT2D eigenvalue weighted by Gasteiger charge is 1.75. The lowest BCUT2D eigenvalue weighted by Crippen LogP contribution is -1.63. The lowest BCUT2D eigenvalue weighted by atomic mass is 10.2. The van der Waals surface area contributed by atoms with Gasteiger partial charge in [-0.3, -0.25) is 0 Å². The van der Waals surface area contributed by atoms with Gasteiger partial charge in [0.1, 0.15) is 0 Å². The minimum atomic E-state index is 1.17. The molecule has 2 heteroatoms. The number of hydrogen-bond acceptors (Lipinski definition) is 2. The zero-order valence-electron chi connectivity index (χ0n) is 6.03. The fraction of sp³-hybridized carbons (Fsp3) is 0. The van der Waals surface area contributed by atoms with E-state index in [9.17, 15) is 0 Å². The van der Waals surface area contributed by atoms with Crippen LogP contribution in [0.4, 0.5) is 0 Å². The maximum Gasteiger partial charge on any atom is -0.0263 e. The van der Waals surface area contributed by atoms with E-state index in [4.69, 9.17) is 5.26 Å². The van der Waals surface area contributed by atoms with Gasteiger partial charge >= 0.3 is 0 Å². The molecule has 0 aromatic heterocycles. The van der Waals surface area contributed by atoms with Crippen molar-refractivity contribution in [3.8, 4) is 5.40 Å². The van der Waals surface area contributed by atoms with Crippen LogP contribution in [-0.2, 0) is 12.6 Å². The summed E-state index contributed by atoms with van der Waals surface area (Å²) in [5.74, 6) is 0. The summed E-state index contributed by atoms with van der Waals surface area (Å²) in [5.41, 5.74) is 1.17. The van der Waals surface area contributed by atoms with Crippen LogP contribution in [0.2, 0.25) is 0 Å². The molecule has 11 heavy (non-hydrogen) atoms. The second-order valence-electron chi connectivity index (χ2n) is 1.71. The number of thiocyanates is 1. The molecule has 0 spiro atoms. The van der Waals surface area contributed by atoms with Crippen LogP contribution in [0.25, 0.3) is 6.08 Å². The number of hydrogen-bond donors (Lipinski definition) is 0. The molecule has 56 valence electrons. The number of rotatable bonds is 1. The second kappa shape index (κ2) is 6.79. The van der Waals surface area contributed by atoms with Crippen LogP contribution < -0.4 is 0 Å². The van der Waals surface area contributed by atoms with E-state index in [-0.39, 0.29) is 0 Å². The van der Waals surface area contributed by atoms with Crippen LogP contribution >= 0.6 is 0 Å². The average molecular weight is 162 g/mol. The van der Waals surface area contributed by atoms with Gasteiger partial charge in [0.05, 0.1) is 0 Å². The molecule has 0 N–H and O–H groups in total. The molecule has 0 atom stereocenters. The van der Waals surface area contributed by atoms with Crippen molar-refractivity contribution in [3.05, 3.63) is 42.5 Å². The molecule has 0 radical (unpaired) electrons. The van der Waals surface area contributed by atoms with E-state index in [0.29, 0.717) is 0 Å². The average Bonchev–Trinajstić information content (AvgIpc) is 2.08. The van der Waals surface area contributed by atoms with Gasteiger partial charge in [-0.15, -0.1) is 0 Å². The van der Waals surface area contributed by atoms with E-state index in [0.717, 1.165) is 0 Å².